The van der Waals surface area contributed by atoms with Gasteiger partial charge in [-0.2, -0.15) is 0 Å². The van der Waals surface area contributed by atoms with Crippen molar-refractivity contribution < 1.29 is 4.39 Å². The van der Waals surface area contributed by atoms with Crippen molar-refractivity contribution in [3.63, 3.8) is 0 Å². The van der Waals surface area contributed by atoms with E-state index in [-0.39, 0.29) is 11.9 Å². The van der Waals surface area contributed by atoms with Crippen LogP contribution in [0.2, 0.25) is 0 Å². The molecule has 4 heteroatoms. The topological polar surface area (TPSA) is 38.0 Å². The number of hydrogen-bond acceptors (Lipinski definition) is 2. The molecule has 1 atom stereocenters. The molecule has 1 aromatic rings. The molecular formula is C16H24BrFN2. The van der Waals surface area contributed by atoms with Gasteiger partial charge in [-0.3, -0.25) is 11.3 Å². The van der Waals surface area contributed by atoms with Crippen molar-refractivity contribution in [3.05, 3.63) is 34.1 Å². The van der Waals surface area contributed by atoms with Gasteiger partial charge in [0.25, 0.3) is 0 Å². The zero-order valence-electron chi connectivity index (χ0n) is 12.0. The van der Waals surface area contributed by atoms with Crippen LogP contribution in [0.15, 0.2) is 22.7 Å². The van der Waals surface area contributed by atoms with Gasteiger partial charge < -0.3 is 0 Å². The maximum atomic E-state index is 13.1. The Morgan fingerprint density at radius 1 is 1.35 bits per heavy atom. The van der Waals surface area contributed by atoms with Crippen LogP contribution in [0.1, 0.15) is 44.6 Å². The van der Waals surface area contributed by atoms with E-state index in [1.807, 2.05) is 6.07 Å². The van der Waals surface area contributed by atoms with Gasteiger partial charge in [0, 0.05) is 10.5 Å². The lowest BCUT2D eigenvalue weighted by molar-refractivity contribution is 0.217. The van der Waals surface area contributed by atoms with Crippen LogP contribution in [0.3, 0.4) is 0 Å². The summed E-state index contributed by atoms with van der Waals surface area (Å²) in [6, 6.07) is 5.16. The van der Waals surface area contributed by atoms with E-state index in [1.54, 1.807) is 0 Å². The summed E-state index contributed by atoms with van der Waals surface area (Å²) in [5.41, 5.74) is 4.10. The van der Waals surface area contributed by atoms with Crippen molar-refractivity contribution in [3.8, 4) is 0 Å². The molecule has 0 saturated heterocycles. The minimum Gasteiger partial charge on any atom is -0.271 e. The highest BCUT2D eigenvalue weighted by molar-refractivity contribution is 9.10. The molecule has 1 saturated carbocycles. The van der Waals surface area contributed by atoms with Gasteiger partial charge in [-0.1, -0.05) is 48.2 Å². The second kappa shape index (κ2) is 7.53. The predicted molar refractivity (Wildman–Crippen MR) is 84.7 cm³/mol. The molecule has 1 unspecified atom stereocenters. The van der Waals surface area contributed by atoms with E-state index in [4.69, 9.17) is 5.84 Å². The van der Waals surface area contributed by atoms with Gasteiger partial charge >= 0.3 is 0 Å². The molecule has 0 heterocycles. The molecule has 0 radical (unpaired) electrons. The minimum atomic E-state index is -0.207. The average Bonchev–Trinajstić information content (AvgIpc) is 2.47. The van der Waals surface area contributed by atoms with Crippen molar-refractivity contribution >= 4 is 15.9 Å². The first kappa shape index (κ1) is 15.9. The molecule has 0 amide bonds. The number of halogens is 2. The third kappa shape index (κ3) is 4.03. The number of nitrogens with one attached hydrogen (secondary N) is 1. The predicted octanol–water partition coefficient (Wildman–Crippen LogP) is 4.18. The van der Waals surface area contributed by atoms with Crippen molar-refractivity contribution in [2.45, 2.75) is 51.5 Å². The van der Waals surface area contributed by atoms with Crippen LogP contribution in [0.5, 0.6) is 0 Å². The van der Waals surface area contributed by atoms with Crippen molar-refractivity contribution in [1.82, 2.24) is 5.43 Å². The highest BCUT2D eigenvalue weighted by Gasteiger charge is 2.26. The van der Waals surface area contributed by atoms with E-state index in [0.29, 0.717) is 5.92 Å². The second-order valence-corrected chi connectivity index (χ2v) is 6.76. The summed E-state index contributed by atoms with van der Waals surface area (Å²) in [5, 5.41) is 0. The monoisotopic (exact) mass is 342 g/mol. The Morgan fingerprint density at radius 3 is 2.60 bits per heavy atom. The lowest BCUT2D eigenvalue weighted by Crippen LogP contribution is -2.43. The first-order chi connectivity index (χ1) is 9.63. The number of nitrogens with two attached hydrogens (primary N) is 1. The Balaban J connectivity index is 1.98. The Bertz CT molecular complexity index is 430. The maximum absolute atomic E-state index is 13.1. The molecule has 2 nitrogen and oxygen atoms in total. The summed E-state index contributed by atoms with van der Waals surface area (Å²) in [5.74, 6) is 7.07. The van der Waals surface area contributed by atoms with E-state index in [9.17, 15) is 4.39 Å². The molecule has 1 fully saturated rings. The molecular weight excluding hydrogens is 319 g/mol. The normalized spacial score (nSPS) is 24.6. The summed E-state index contributed by atoms with van der Waals surface area (Å²) in [4.78, 5) is 0. The molecule has 20 heavy (non-hydrogen) atoms. The van der Waals surface area contributed by atoms with Crippen LogP contribution >= 0.6 is 15.9 Å². The minimum absolute atomic E-state index is 0.207. The van der Waals surface area contributed by atoms with Crippen LogP contribution in [0.4, 0.5) is 4.39 Å². The first-order valence-corrected chi connectivity index (χ1v) is 8.33. The summed E-state index contributed by atoms with van der Waals surface area (Å²) in [7, 11) is 0. The highest BCUT2D eigenvalue weighted by Crippen LogP contribution is 2.33. The SMILES string of the molecule is CCC1CCC(C(Cc2ccc(F)cc2Br)NN)CC1. The van der Waals surface area contributed by atoms with Crippen molar-refractivity contribution in [2.24, 2.45) is 17.7 Å². The summed E-state index contributed by atoms with van der Waals surface area (Å²) in [6.45, 7) is 2.28. The summed E-state index contributed by atoms with van der Waals surface area (Å²) in [6.07, 6.45) is 7.24. The quantitative estimate of drug-likeness (QED) is 0.622. The Morgan fingerprint density at radius 2 is 2.05 bits per heavy atom. The lowest BCUT2D eigenvalue weighted by atomic mass is 9.76. The van der Waals surface area contributed by atoms with Crippen LogP contribution < -0.4 is 11.3 Å². The molecule has 3 N–H and O–H groups in total. The van der Waals surface area contributed by atoms with Crippen LogP contribution in [-0.4, -0.2) is 6.04 Å². The van der Waals surface area contributed by atoms with Crippen molar-refractivity contribution in [1.29, 1.82) is 0 Å². The third-order valence-electron chi connectivity index (χ3n) is 4.71. The van der Waals surface area contributed by atoms with Gasteiger partial charge in [0.1, 0.15) is 5.82 Å². The second-order valence-electron chi connectivity index (χ2n) is 5.90. The molecule has 1 aromatic carbocycles. The van der Waals surface area contributed by atoms with Gasteiger partial charge in [0.05, 0.1) is 0 Å². The van der Waals surface area contributed by atoms with E-state index in [1.165, 1.54) is 44.2 Å². The smallest absolute Gasteiger partial charge is 0.124 e. The van der Waals surface area contributed by atoms with Gasteiger partial charge in [-0.15, -0.1) is 0 Å². The molecule has 112 valence electrons. The molecule has 0 aliphatic heterocycles. The van der Waals surface area contributed by atoms with Gasteiger partial charge in [-0.05, 0) is 48.8 Å². The summed E-state index contributed by atoms with van der Waals surface area (Å²) >= 11 is 3.44. The van der Waals surface area contributed by atoms with E-state index >= 15 is 0 Å². The van der Waals surface area contributed by atoms with Gasteiger partial charge in [-0.25, -0.2) is 4.39 Å². The number of hydrogen-bond donors (Lipinski definition) is 2. The fraction of sp³-hybridized carbons (Fsp3) is 0.625. The molecule has 2 rings (SSSR count). The van der Waals surface area contributed by atoms with Crippen LogP contribution in [-0.2, 0) is 6.42 Å². The zero-order valence-corrected chi connectivity index (χ0v) is 13.6. The average molecular weight is 343 g/mol. The van der Waals surface area contributed by atoms with Crippen molar-refractivity contribution in [2.75, 3.05) is 0 Å². The zero-order chi connectivity index (χ0) is 14.5. The Kier molecular flexibility index (Phi) is 6.00. The van der Waals surface area contributed by atoms with Gasteiger partial charge in [0.2, 0.25) is 0 Å². The number of hydrazine groups is 1. The molecule has 1 aliphatic carbocycles. The largest absolute Gasteiger partial charge is 0.271 e. The Labute approximate surface area is 129 Å². The molecule has 1 aliphatic rings. The van der Waals surface area contributed by atoms with Gasteiger partial charge in [0.15, 0.2) is 0 Å². The lowest BCUT2D eigenvalue weighted by Gasteiger charge is -2.33. The van der Waals surface area contributed by atoms with E-state index in [2.05, 4.69) is 28.3 Å². The fourth-order valence-electron chi connectivity index (χ4n) is 3.28. The van der Waals surface area contributed by atoms with Crippen LogP contribution in [0.25, 0.3) is 0 Å². The third-order valence-corrected chi connectivity index (χ3v) is 5.45. The molecule has 0 spiro atoms. The number of benzene rings is 1. The summed E-state index contributed by atoms with van der Waals surface area (Å²) < 4.78 is 14.0. The fourth-order valence-corrected chi connectivity index (χ4v) is 3.80. The first-order valence-electron chi connectivity index (χ1n) is 7.54. The molecule has 0 aromatic heterocycles. The number of rotatable bonds is 5. The Hall–Kier alpha value is -0.450. The van der Waals surface area contributed by atoms with Crippen LogP contribution in [0, 0.1) is 17.7 Å². The molecule has 0 bridgehead atoms. The standard InChI is InChI=1S/C16H24BrFN2/c1-2-11-3-5-12(6-4-11)16(20-19)9-13-7-8-14(18)10-15(13)17/h7-8,10-12,16,20H,2-6,9,19H2,1H3. The maximum Gasteiger partial charge on any atom is 0.124 e. The van der Waals surface area contributed by atoms with E-state index in [0.717, 1.165) is 22.4 Å². The highest BCUT2D eigenvalue weighted by atomic mass is 79.9. The van der Waals surface area contributed by atoms with E-state index < -0.39 is 0 Å².